The van der Waals surface area contributed by atoms with Crippen LogP contribution in [0.3, 0.4) is 0 Å². The molecule has 1 aromatic heterocycles. The summed E-state index contributed by atoms with van der Waals surface area (Å²) in [6, 6.07) is 7.66. The van der Waals surface area contributed by atoms with Crippen molar-refractivity contribution in [3.8, 4) is 5.75 Å². The molecular formula is C14H15N3O. The van der Waals surface area contributed by atoms with Gasteiger partial charge in [0.2, 0.25) is 0 Å². The zero-order valence-corrected chi connectivity index (χ0v) is 10.5. The number of methoxy groups -OCH3 is 1. The number of aryl methyl sites for hydroxylation is 1. The number of rotatable bonds is 4. The van der Waals surface area contributed by atoms with Gasteiger partial charge < -0.3 is 4.74 Å². The molecule has 0 bridgehead atoms. The molecule has 0 aliphatic heterocycles. The summed E-state index contributed by atoms with van der Waals surface area (Å²) in [5.41, 5.74) is 2.70. The monoisotopic (exact) mass is 241 g/mol. The Morgan fingerprint density at radius 1 is 1.22 bits per heavy atom. The summed E-state index contributed by atoms with van der Waals surface area (Å²) < 4.78 is 5.23. The summed E-state index contributed by atoms with van der Waals surface area (Å²) in [6.45, 7) is 1.94. The Hall–Kier alpha value is -2.23. The van der Waals surface area contributed by atoms with Crippen molar-refractivity contribution >= 4 is 11.9 Å². The van der Waals surface area contributed by atoms with Crippen LogP contribution in [0.25, 0.3) is 0 Å². The van der Waals surface area contributed by atoms with Crippen molar-refractivity contribution in [2.75, 3.05) is 7.11 Å². The number of ether oxygens (including phenoxy) is 1. The second kappa shape index (κ2) is 5.91. The molecule has 0 aliphatic carbocycles. The summed E-state index contributed by atoms with van der Waals surface area (Å²) in [6.07, 6.45) is 5.88. The molecule has 0 aliphatic rings. The van der Waals surface area contributed by atoms with Crippen molar-refractivity contribution in [2.45, 2.75) is 13.3 Å². The highest BCUT2D eigenvalue weighted by Crippen LogP contribution is 2.25. The van der Waals surface area contributed by atoms with Gasteiger partial charge in [-0.05, 0) is 19.1 Å². The quantitative estimate of drug-likeness (QED) is 0.773. The Balaban J connectivity index is 2.10. The van der Waals surface area contributed by atoms with E-state index in [0.717, 1.165) is 22.8 Å². The van der Waals surface area contributed by atoms with Gasteiger partial charge in [-0.2, -0.15) is 0 Å². The van der Waals surface area contributed by atoms with Crippen LogP contribution in [0, 0.1) is 6.92 Å². The predicted molar refractivity (Wildman–Crippen MR) is 71.6 cm³/mol. The molecule has 1 heterocycles. The Kier molecular flexibility index (Phi) is 4.02. The zero-order chi connectivity index (χ0) is 12.8. The van der Waals surface area contributed by atoms with Gasteiger partial charge in [0.15, 0.2) is 0 Å². The molecule has 4 nitrogen and oxygen atoms in total. The molecule has 2 aromatic rings. The Morgan fingerprint density at radius 3 is 2.78 bits per heavy atom. The third-order valence-corrected chi connectivity index (χ3v) is 2.58. The number of hydrogen-bond acceptors (Lipinski definition) is 4. The van der Waals surface area contributed by atoms with Crippen LogP contribution in [0.5, 0.6) is 5.75 Å². The van der Waals surface area contributed by atoms with Crippen LogP contribution in [0.4, 0.5) is 5.69 Å². The van der Waals surface area contributed by atoms with Gasteiger partial charge >= 0.3 is 0 Å². The van der Waals surface area contributed by atoms with Gasteiger partial charge in [-0.25, -0.2) is 0 Å². The average molecular weight is 241 g/mol. The lowest BCUT2D eigenvalue weighted by atomic mass is 10.2. The van der Waals surface area contributed by atoms with E-state index >= 15 is 0 Å². The molecule has 18 heavy (non-hydrogen) atoms. The lowest BCUT2D eigenvalue weighted by molar-refractivity contribution is 0.416. The second-order valence-electron chi connectivity index (χ2n) is 3.78. The number of benzene rings is 1. The fourth-order valence-corrected chi connectivity index (χ4v) is 1.60. The van der Waals surface area contributed by atoms with E-state index in [9.17, 15) is 0 Å². The number of para-hydroxylation sites is 2. The third kappa shape index (κ3) is 2.91. The molecule has 0 saturated heterocycles. The minimum Gasteiger partial charge on any atom is -0.494 e. The fraction of sp³-hybridized carbons (Fsp3) is 0.214. The molecule has 92 valence electrons. The van der Waals surface area contributed by atoms with E-state index < -0.39 is 0 Å². The molecule has 0 fully saturated rings. The maximum absolute atomic E-state index is 5.23. The predicted octanol–water partition coefficient (Wildman–Crippen LogP) is 2.74. The number of aromatic nitrogens is 2. The molecule has 0 radical (unpaired) electrons. The molecular weight excluding hydrogens is 226 g/mol. The first-order chi connectivity index (χ1) is 8.81. The van der Waals surface area contributed by atoms with Crippen molar-refractivity contribution in [3.05, 3.63) is 48.0 Å². The van der Waals surface area contributed by atoms with E-state index in [2.05, 4.69) is 15.0 Å². The Bertz CT molecular complexity index is 552. The lowest BCUT2D eigenvalue weighted by Crippen LogP contribution is -1.96. The maximum atomic E-state index is 5.23. The van der Waals surface area contributed by atoms with E-state index in [1.165, 1.54) is 0 Å². The van der Waals surface area contributed by atoms with Crippen LogP contribution >= 0.6 is 0 Å². The van der Waals surface area contributed by atoms with Crippen molar-refractivity contribution in [1.82, 2.24) is 9.97 Å². The topological polar surface area (TPSA) is 47.4 Å². The third-order valence-electron chi connectivity index (χ3n) is 2.58. The molecule has 0 amide bonds. The fourth-order valence-electron chi connectivity index (χ4n) is 1.60. The van der Waals surface area contributed by atoms with Gasteiger partial charge in [0.05, 0.1) is 18.5 Å². The van der Waals surface area contributed by atoms with Crippen LogP contribution in [0.2, 0.25) is 0 Å². The Morgan fingerprint density at radius 2 is 2.00 bits per heavy atom. The summed E-state index contributed by atoms with van der Waals surface area (Å²) in [4.78, 5) is 12.9. The molecule has 1 aromatic carbocycles. The van der Waals surface area contributed by atoms with Crippen molar-refractivity contribution in [2.24, 2.45) is 4.99 Å². The highest BCUT2D eigenvalue weighted by atomic mass is 16.5. The van der Waals surface area contributed by atoms with Gasteiger partial charge in [-0.15, -0.1) is 0 Å². The maximum Gasteiger partial charge on any atom is 0.144 e. The van der Waals surface area contributed by atoms with Crippen molar-refractivity contribution in [1.29, 1.82) is 0 Å². The second-order valence-corrected chi connectivity index (χ2v) is 3.78. The SMILES string of the molecule is COc1ccccc1N=CCc1nccnc1C. The van der Waals surface area contributed by atoms with Crippen LogP contribution in [0.15, 0.2) is 41.7 Å². The molecule has 0 unspecified atom stereocenters. The number of aliphatic imine (C=N–C) groups is 1. The molecule has 2 rings (SSSR count). The first-order valence-electron chi connectivity index (χ1n) is 5.73. The highest BCUT2D eigenvalue weighted by Gasteiger charge is 1.99. The van der Waals surface area contributed by atoms with E-state index in [0.29, 0.717) is 6.42 Å². The van der Waals surface area contributed by atoms with Gasteiger partial charge in [0.25, 0.3) is 0 Å². The molecule has 0 N–H and O–H groups in total. The number of nitrogens with zero attached hydrogens (tertiary/aromatic N) is 3. The smallest absolute Gasteiger partial charge is 0.144 e. The van der Waals surface area contributed by atoms with Crippen molar-refractivity contribution < 1.29 is 4.74 Å². The molecule has 0 atom stereocenters. The van der Waals surface area contributed by atoms with Gasteiger partial charge in [-0.3, -0.25) is 15.0 Å². The van der Waals surface area contributed by atoms with E-state index in [-0.39, 0.29) is 0 Å². The van der Waals surface area contributed by atoms with Crippen LogP contribution in [-0.2, 0) is 6.42 Å². The van der Waals surface area contributed by atoms with E-state index in [1.807, 2.05) is 37.4 Å². The molecule has 4 heteroatoms. The summed E-state index contributed by atoms with van der Waals surface area (Å²) in [5.74, 6) is 0.768. The summed E-state index contributed by atoms with van der Waals surface area (Å²) in [5, 5.41) is 0. The minimum absolute atomic E-state index is 0.664. The summed E-state index contributed by atoms with van der Waals surface area (Å²) >= 11 is 0. The minimum atomic E-state index is 0.664. The normalized spacial score (nSPS) is 10.8. The first kappa shape index (κ1) is 12.2. The largest absolute Gasteiger partial charge is 0.494 e. The van der Waals surface area contributed by atoms with Gasteiger partial charge in [0, 0.05) is 25.0 Å². The Labute approximate surface area is 106 Å². The average Bonchev–Trinajstić information content (AvgIpc) is 2.41. The molecule has 0 saturated carbocycles. The van der Waals surface area contributed by atoms with Gasteiger partial charge in [-0.1, -0.05) is 12.1 Å². The first-order valence-corrected chi connectivity index (χ1v) is 5.73. The highest BCUT2D eigenvalue weighted by molar-refractivity contribution is 5.68. The van der Waals surface area contributed by atoms with Crippen molar-refractivity contribution in [3.63, 3.8) is 0 Å². The zero-order valence-electron chi connectivity index (χ0n) is 10.5. The van der Waals surface area contributed by atoms with E-state index in [1.54, 1.807) is 19.5 Å². The van der Waals surface area contributed by atoms with E-state index in [4.69, 9.17) is 4.74 Å². The van der Waals surface area contributed by atoms with Crippen LogP contribution in [-0.4, -0.2) is 23.3 Å². The van der Waals surface area contributed by atoms with Crippen LogP contribution < -0.4 is 4.74 Å². The molecule has 0 spiro atoms. The lowest BCUT2D eigenvalue weighted by Gasteiger charge is -2.03. The van der Waals surface area contributed by atoms with Gasteiger partial charge in [0.1, 0.15) is 11.4 Å². The summed E-state index contributed by atoms with van der Waals surface area (Å²) in [7, 11) is 1.64. The van der Waals surface area contributed by atoms with Crippen LogP contribution in [0.1, 0.15) is 11.4 Å². The standard InChI is InChI=1S/C14H15N3O/c1-11-12(17-10-9-15-11)7-8-16-13-5-3-4-6-14(13)18-2/h3-6,8-10H,7H2,1-2H3. The number of hydrogen-bond donors (Lipinski definition) is 0.